The van der Waals surface area contributed by atoms with Crippen molar-refractivity contribution < 1.29 is 65.9 Å². The second-order valence-electron chi connectivity index (χ2n) is 33.3. The minimum absolute atomic E-state index is 0.0169. The molecule has 6 amide bonds. The van der Waals surface area contributed by atoms with Crippen molar-refractivity contribution in [3.05, 3.63) is 97.1 Å². The van der Waals surface area contributed by atoms with Gasteiger partial charge in [0.05, 0.1) is 30.0 Å². The highest BCUT2D eigenvalue weighted by atomic mass is 32.2. The van der Waals surface area contributed by atoms with Gasteiger partial charge in [-0.25, -0.2) is 18.0 Å². The van der Waals surface area contributed by atoms with Crippen molar-refractivity contribution in [1.29, 1.82) is 0 Å². The molecule has 10 atom stereocenters. The largest absolute Gasteiger partial charge is 0.455 e. The molecule has 0 bridgehead atoms. The number of carbonyl (C=O) groups is 11. The summed E-state index contributed by atoms with van der Waals surface area (Å²) in [6, 6.07) is 14.2. The highest BCUT2D eigenvalue weighted by molar-refractivity contribution is 7.90. The summed E-state index contributed by atoms with van der Waals surface area (Å²) in [6.07, 6.45) is 12.8. The van der Waals surface area contributed by atoms with Crippen LogP contribution in [0.2, 0.25) is 0 Å². The third-order valence-corrected chi connectivity index (χ3v) is 23.8. The molecule has 8 rings (SSSR count). The van der Waals surface area contributed by atoms with Crippen LogP contribution in [-0.2, 0) is 69.1 Å². The first-order valence-electron chi connectivity index (χ1n) is 37.0. The predicted octanol–water partition coefficient (Wildman–Crippen LogP) is 12.0. The fraction of sp³-hybridized carbons (Fsp3) is 0.662. The zero-order valence-corrected chi connectivity index (χ0v) is 63.1. The monoisotopic (exact) mass is 1420 g/mol. The van der Waals surface area contributed by atoms with E-state index in [1.165, 1.54) is 0 Å². The number of likely N-dealkylation sites (tertiary alicyclic amines) is 2. The van der Waals surface area contributed by atoms with Crippen molar-refractivity contribution in [2.75, 3.05) is 18.8 Å². The van der Waals surface area contributed by atoms with E-state index in [9.17, 15) is 61.2 Å². The fourth-order valence-electron chi connectivity index (χ4n) is 16.4. The molecule has 4 aliphatic carbocycles. The van der Waals surface area contributed by atoms with Crippen LogP contribution in [0.5, 0.6) is 0 Å². The van der Waals surface area contributed by atoms with Crippen LogP contribution in [-0.4, -0.2) is 137 Å². The maximum Gasteiger partial charge on any atom is 0.315 e. The van der Waals surface area contributed by atoms with Crippen LogP contribution < -0.4 is 21.3 Å². The molecule has 21 heteroatoms. The number of Topliss-reactive ketones (excluding diaryl/α,β-unsaturated/α-hetero) is 6. The smallest absolute Gasteiger partial charge is 0.315 e. The van der Waals surface area contributed by atoms with E-state index < -0.39 is 104 Å². The number of nitrogens with zero attached hydrogens (tertiary/aromatic N) is 2. The van der Waals surface area contributed by atoms with E-state index in [1.54, 1.807) is 66.1 Å². The minimum Gasteiger partial charge on any atom is -0.455 e. The molecular weight excluding hydrogens is 1300 g/mol. The number of benzene rings is 2. The fourth-order valence-corrected chi connectivity index (χ4v) is 17.8. The van der Waals surface area contributed by atoms with Gasteiger partial charge in [-0.2, -0.15) is 0 Å². The summed E-state index contributed by atoms with van der Waals surface area (Å²) in [5.41, 5.74) is -0.750. The van der Waals surface area contributed by atoms with E-state index in [0.29, 0.717) is 31.5 Å². The SMILES string of the molecule is C=CCCC(CC(=O)[C@@H]1[C@@H]2[C@H](CN1C(=O)[C@@H](NC(=O)NC(C)(C)C)C1CCCCC1)C2(C)C)C(=O)C(=O)CCC(=O)OC(C)(C)c1ccccc1.C=CCCC(CC(=O)[C@@H]1[C@@H]2[C@H](CN1C(=O)[C@@H](NC(=O)NC(C)(C)C)C1CCCCC1)C2(C)C)C(=O)C(=O)CCCS(=O)(=O)Cc1ccccc1. The number of allylic oxidation sites excluding steroid dienone is 2. The van der Waals surface area contributed by atoms with Gasteiger partial charge in [0, 0.05) is 61.7 Å². The van der Waals surface area contributed by atoms with Gasteiger partial charge in [0.1, 0.15) is 17.7 Å². The number of sulfone groups is 1. The lowest BCUT2D eigenvalue weighted by molar-refractivity contribution is -0.158. The molecule has 2 unspecified atom stereocenters. The summed E-state index contributed by atoms with van der Waals surface area (Å²) in [4.78, 5) is 153. The van der Waals surface area contributed by atoms with Crippen LogP contribution >= 0.6 is 0 Å². The van der Waals surface area contributed by atoms with Gasteiger partial charge in [-0.15, -0.1) is 13.2 Å². The first-order valence-corrected chi connectivity index (χ1v) is 38.9. The number of piperidine rings is 2. The van der Waals surface area contributed by atoms with Crippen LogP contribution in [0, 0.1) is 58.2 Å². The number of fused-ring (bicyclic) bond motifs is 2. The van der Waals surface area contributed by atoms with E-state index in [2.05, 4.69) is 62.1 Å². The first-order chi connectivity index (χ1) is 47.3. The second-order valence-corrected chi connectivity index (χ2v) is 35.5. The third-order valence-electron chi connectivity index (χ3n) is 22.1. The van der Waals surface area contributed by atoms with Gasteiger partial charge in [0.15, 0.2) is 33.0 Å². The normalized spacial score (nSPS) is 22.7. The Bertz CT molecular complexity index is 3450. The molecule has 2 heterocycles. The zero-order chi connectivity index (χ0) is 74.6. The number of urea groups is 2. The summed E-state index contributed by atoms with van der Waals surface area (Å²) in [6.45, 7) is 31.5. The van der Waals surface area contributed by atoms with E-state index in [0.717, 1.165) is 69.8 Å². The van der Waals surface area contributed by atoms with Crippen LogP contribution in [0.4, 0.5) is 9.59 Å². The molecule has 0 spiro atoms. The van der Waals surface area contributed by atoms with Crippen molar-refractivity contribution in [2.45, 2.75) is 258 Å². The lowest BCUT2D eigenvalue weighted by Gasteiger charge is -2.37. The van der Waals surface area contributed by atoms with Crippen LogP contribution in [0.3, 0.4) is 0 Å². The Kier molecular flexibility index (Phi) is 27.6. The Morgan fingerprint density at radius 1 is 0.564 bits per heavy atom. The number of hydrogen-bond acceptors (Lipinski definition) is 14. The van der Waals surface area contributed by atoms with Crippen LogP contribution in [0.15, 0.2) is 86.0 Å². The molecule has 4 N–H and O–H groups in total. The second kappa shape index (κ2) is 34.4. The molecule has 6 fully saturated rings. The summed E-state index contributed by atoms with van der Waals surface area (Å²) in [5, 5.41) is 11.8. The number of ether oxygens (including phenoxy) is 1. The molecule has 0 radical (unpaired) electrons. The lowest BCUT2D eigenvalue weighted by Crippen LogP contribution is -2.59. The average Bonchev–Trinajstić information content (AvgIpc) is 1.53. The highest BCUT2D eigenvalue weighted by Gasteiger charge is 2.71. The molecule has 2 saturated heterocycles. The summed E-state index contributed by atoms with van der Waals surface area (Å²) >= 11 is 0. The maximum absolute atomic E-state index is 14.4. The molecule has 2 aromatic carbocycles. The molecule has 556 valence electrons. The van der Waals surface area contributed by atoms with E-state index in [4.69, 9.17) is 4.74 Å². The van der Waals surface area contributed by atoms with Gasteiger partial charge in [-0.3, -0.25) is 43.2 Å². The van der Waals surface area contributed by atoms with E-state index in [-0.39, 0.29) is 133 Å². The average molecular weight is 1420 g/mol. The number of ketones is 6. The summed E-state index contributed by atoms with van der Waals surface area (Å²) in [7, 11) is -3.48. The number of amides is 6. The number of hydrogen-bond donors (Lipinski definition) is 4. The summed E-state index contributed by atoms with van der Waals surface area (Å²) < 4.78 is 31.0. The standard InChI is InChI=1S/C41H59N3O7.C39H57N3O7S/c1-9-10-17-27(36(48)30(45)22-23-32(47)51-41(7,8)28-20-15-12-16-21-28)24-31(46)35-33-29(40(33,5)6)25-44(35)37(49)34(26-18-13-11-14-19-26)42-38(50)43-39(2,3)4;1-7-8-18-28(35(45)30(43)21-15-22-50(48,49)25-26-16-11-9-12-17-26)23-31(44)34-32-29(39(32,5)6)24-42(34)36(46)33(27-19-13-10-14-20-27)40-37(47)41-38(2,3)4/h9,12,15-16,20-21,26-27,29,33-35H,1,10-11,13-14,17-19,22-25H2,2-8H3,(H2,42,43,50);7,9,11-12,16-17,27-29,32-34H,1,8,10,13-15,18-25H2,2-6H3,(H2,40,41,47)/t27?,29-,33-,34-,35+;28?,29-,32-,33-,34+/m00/s1. The molecule has 2 aliphatic heterocycles. The topological polar surface area (TPSA) is 286 Å². The van der Waals surface area contributed by atoms with Gasteiger partial charge < -0.3 is 35.8 Å². The van der Waals surface area contributed by atoms with Gasteiger partial charge in [-0.1, -0.05) is 139 Å². The number of nitrogens with one attached hydrogen (secondary N) is 4. The number of esters is 1. The van der Waals surface area contributed by atoms with Crippen molar-refractivity contribution >= 4 is 74.4 Å². The molecule has 20 nitrogen and oxygen atoms in total. The van der Waals surface area contributed by atoms with Crippen molar-refractivity contribution in [1.82, 2.24) is 31.1 Å². The van der Waals surface area contributed by atoms with Gasteiger partial charge in [0.25, 0.3) is 0 Å². The predicted molar refractivity (Wildman–Crippen MR) is 389 cm³/mol. The minimum atomic E-state index is -3.48. The third kappa shape index (κ3) is 21.9. The van der Waals surface area contributed by atoms with Crippen LogP contribution in [0.25, 0.3) is 0 Å². The van der Waals surface area contributed by atoms with Gasteiger partial charge in [0.2, 0.25) is 23.4 Å². The number of carbonyl (C=O) groups excluding carboxylic acids is 11. The Hall–Kier alpha value is -7.16. The van der Waals surface area contributed by atoms with Gasteiger partial charge >= 0.3 is 18.0 Å². The van der Waals surface area contributed by atoms with Crippen molar-refractivity contribution in [3.63, 3.8) is 0 Å². The van der Waals surface area contributed by atoms with Crippen molar-refractivity contribution in [3.8, 4) is 0 Å². The highest BCUT2D eigenvalue weighted by Crippen LogP contribution is 2.66. The Morgan fingerprint density at radius 3 is 1.36 bits per heavy atom. The quantitative estimate of drug-likeness (QED) is 0.0294. The number of rotatable bonds is 33. The zero-order valence-electron chi connectivity index (χ0n) is 62.3. The van der Waals surface area contributed by atoms with Crippen molar-refractivity contribution in [2.24, 2.45) is 58.2 Å². The molecule has 2 aromatic rings. The molecule has 101 heavy (non-hydrogen) atoms. The molecule has 4 saturated carbocycles. The Labute approximate surface area is 600 Å². The maximum atomic E-state index is 14.4. The Balaban J connectivity index is 0.000000283. The van der Waals surface area contributed by atoms with E-state index in [1.807, 2.05) is 71.9 Å². The molecule has 6 aliphatic rings. The summed E-state index contributed by atoms with van der Waals surface area (Å²) in [5.74, 6) is -6.52. The lowest BCUT2D eigenvalue weighted by atomic mass is 9.82. The molecular formula is C80H116N6O14S. The molecule has 0 aromatic heterocycles. The Morgan fingerprint density at radius 2 is 0.960 bits per heavy atom. The van der Waals surface area contributed by atoms with Crippen LogP contribution in [0.1, 0.15) is 223 Å². The van der Waals surface area contributed by atoms with E-state index >= 15 is 0 Å². The van der Waals surface area contributed by atoms with Gasteiger partial charge in [-0.05, 0) is 171 Å². The first kappa shape index (κ1) is 81.1.